The van der Waals surface area contributed by atoms with Crippen LogP contribution in [0.5, 0.6) is 5.75 Å². The summed E-state index contributed by atoms with van der Waals surface area (Å²) in [5, 5.41) is 4.96. The Balaban J connectivity index is 1.71. The van der Waals surface area contributed by atoms with E-state index in [0.29, 0.717) is 35.8 Å². The number of carbonyl (C=O) groups is 2. The average Bonchev–Trinajstić information content (AvgIpc) is 3.01. The van der Waals surface area contributed by atoms with Gasteiger partial charge in [-0.25, -0.2) is 8.42 Å². The second-order valence-electron chi connectivity index (χ2n) is 5.90. The van der Waals surface area contributed by atoms with Crippen molar-refractivity contribution in [1.29, 1.82) is 0 Å². The third-order valence-electron chi connectivity index (χ3n) is 4.05. The number of hydrogen-bond acceptors (Lipinski definition) is 5. The van der Waals surface area contributed by atoms with Crippen LogP contribution in [0.4, 0.5) is 17.1 Å². The van der Waals surface area contributed by atoms with E-state index in [1.165, 1.54) is 17.5 Å². The summed E-state index contributed by atoms with van der Waals surface area (Å²) in [6, 6.07) is 13.1. The average molecular weight is 389 g/mol. The fraction of sp³-hybridized carbons (Fsp3) is 0.222. The summed E-state index contributed by atoms with van der Waals surface area (Å²) < 4.78 is 30.5. The van der Waals surface area contributed by atoms with Gasteiger partial charge in [0.1, 0.15) is 5.75 Å². The molecule has 2 amide bonds. The van der Waals surface area contributed by atoms with E-state index in [4.69, 9.17) is 4.74 Å². The van der Waals surface area contributed by atoms with Crippen molar-refractivity contribution < 1.29 is 22.7 Å². The topological polar surface area (TPSA) is 105 Å². The maximum Gasteiger partial charge on any atom is 0.314 e. The van der Waals surface area contributed by atoms with Crippen LogP contribution in [0.25, 0.3) is 0 Å². The highest BCUT2D eigenvalue weighted by Gasteiger charge is 2.28. The number of hydrogen-bond donors (Lipinski definition) is 2. The van der Waals surface area contributed by atoms with Crippen LogP contribution >= 0.6 is 0 Å². The van der Waals surface area contributed by atoms with E-state index in [1.54, 1.807) is 42.5 Å². The Morgan fingerprint density at radius 1 is 1.04 bits per heavy atom. The van der Waals surface area contributed by atoms with Gasteiger partial charge in [0.15, 0.2) is 0 Å². The van der Waals surface area contributed by atoms with Crippen LogP contribution in [0.15, 0.2) is 48.5 Å². The van der Waals surface area contributed by atoms with Gasteiger partial charge in [0, 0.05) is 12.2 Å². The first kappa shape index (κ1) is 18.7. The van der Waals surface area contributed by atoms with Gasteiger partial charge in [-0.3, -0.25) is 13.9 Å². The zero-order valence-corrected chi connectivity index (χ0v) is 15.5. The molecule has 2 aromatic rings. The van der Waals surface area contributed by atoms with Crippen LogP contribution in [0.1, 0.15) is 6.42 Å². The number of ether oxygens (including phenoxy) is 1. The molecule has 1 aliphatic rings. The number of para-hydroxylation sites is 2. The molecule has 1 saturated heterocycles. The van der Waals surface area contributed by atoms with Gasteiger partial charge in [0.05, 0.1) is 24.2 Å². The molecule has 1 aliphatic heterocycles. The fourth-order valence-corrected chi connectivity index (χ4v) is 4.34. The van der Waals surface area contributed by atoms with Crippen molar-refractivity contribution in [1.82, 2.24) is 0 Å². The minimum Gasteiger partial charge on any atom is -0.495 e. The third kappa shape index (κ3) is 4.20. The van der Waals surface area contributed by atoms with Crippen LogP contribution < -0.4 is 19.7 Å². The molecule has 1 heterocycles. The fourth-order valence-electron chi connectivity index (χ4n) is 2.78. The number of anilines is 3. The summed E-state index contributed by atoms with van der Waals surface area (Å²) in [5.74, 6) is -1.20. The summed E-state index contributed by atoms with van der Waals surface area (Å²) in [6.07, 6.45) is 0.556. The van der Waals surface area contributed by atoms with E-state index in [-0.39, 0.29) is 5.75 Å². The summed E-state index contributed by atoms with van der Waals surface area (Å²) in [7, 11) is -1.86. The molecule has 0 bridgehead atoms. The molecule has 3 rings (SSSR count). The first-order valence-electron chi connectivity index (χ1n) is 8.26. The second-order valence-corrected chi connectivity index (χ2v) is 7.91. The molecule has 9 heteroatoms. The van der Waals surface area contributed by atoms with Crippen LogP contribution in [0, 0.1) is 0 Å². The standard InChI is InChI=1S/C18H19N3O5S/c1-26-16-9-3-2-8-15(16)20-18(23)17(22)19-13-6-4-7-14(12-13)21-10-5-11-27(21,24)25/h2-4,6-9,12H,5,10-11H2,1H3,(H,19,22)(H,20,23). The highest BCUT2D eigenvalue weighted by molar-refractivity contribution is 7.93. The van der Waals surface area contributed by atoms with E-state index < -0.39 is 21.8 Å². The number of benzene rings is 2. The smallest absolute Gasteiger partial charge is 0.314 e. The zero-order valence-electron chi connectivity index (χ0n) is 14.6. The maximum absolute atomic E-state index is 12.2. The maximum atomic E-state index is 12.2. The Morgan fingerprint density at radius 2 is 1.78 bits per heavy atom. The number of sulfonamides is 1. The number of methoxy groups -OCH3 is 1. The molecule has 0 aliphatic carbocycles. The Hall–Kier alpha value is -3.07. The molecule has 0 radical (unpaired) electrons. The van der Waals surface area contributed by atoms with Crippen molar-refractivity contribution >= 4 is 38.9 Å². The Kier molecular flexibility index (Phi) is 5.31. The molecule has 1 fully saturated rings. The molecule has 0 spiro atoms. The Labute approximate surface area is 157 Å². The van der Waals surface area contributed by atoms with Crippen molar-refractivity contribution in [2.45, 2.75) is 6.42 Å². The molecular weight excluding hydrogens is 370 g/mol. The number of nitrogens with zero attached hydrogens (tertiary/aromatic N) is 1. The third-order valence-corrected chi connectivity index (χ3v) is 5.92. The van der Waals surface area contributed by atoms with Crippen LogP contribution in [0.2, 0.25) is 0 Å². The minimum absolute atomic E-state index is 0.102. The lowest BCUT2D eigenvalue weighted by Gasteiger charge is -2.17. The van der Waals surface area contributed by atoms with Crippen molar-refractivity contribution in [2.75, 3.05) is 34.3 Å². The van der Waals surface area contributed by atoms with Crippen molar-refractivity contribution in [2.24, 2.45) is 0 Å². The molecule has 8 nitrogen and oxygen atoms in total. The molecule has 27 heavy (non-hydrogen) atoms. The van der Waals surface area contributed by atoms with Gasteiger partial charge in [0.2, 0.25) is 10.0 Å². The van der Waals surface area contributed by atoms with Gasteiger partial charge >= 0.3 is 11.8 Å². The van der Waals surface area contributed by atoms with E-state index in [1.807, 2.05) is 0 Å². The van der Waals surface area contributed by atoms with E-state index in [2.05, 4.69) is 10.6 Å². The molecule has 142 valence electrons. The molecule has 2 aromatic carbocycles. The van der Waals surface area contributed by atoms with E-state index in [0.717, 1.165) is 0 Å². The molecule has 0 atom stereocenters. The lowest BCUT2D eigenvalue weighted by molar-refractivity contribution is -0.133. The SMILES string of the molecule is COc1ccccc1NC(=O)C(=O)Nc1cccc(N2CCCS2(=O)=O)c1. The van der Waals surface area contributed by atoms with Gasteiger partial charge in [-0.1, -0.05) is 18.2 Å². The largest absolute Gasteiger partial charge is 0.495 e. The van der Waals surface area contributed by atoms with Crippen molar-refractivity contribution in [3.63, 3.8) is 0 Å². The van der Waals surface area contributed by atoms with Crippen LogP contribution in [-0.2, 0) is 19.6 Å². The number of rotatable bonds is 4. The van der Waals surface area contributed by atoms with Crippen molar-refractivity contribution in [3.05, 3.63) is 48.5 Å². The quantitative estimate of drug-likeness (QED) is 0.776. The molecule has 0 aromatic heterocycles. The van der Waals surface area contributed by atoms with Gasteiger partial charge in [-0.2, -0.15) is 0 Å². The lowest BCUT2D eigenvalue weighted by Crippen LogP contribution is -2.29. The predicted molar refractivity (Wildman–Crippen MR) is 102 cm³/mol. The monoisotopic (exact) mass is 389 g/mol. The normalized spacial score (nSPS) is 15.2. The number of amides is 2. The summed E-state index contributed by atoms with van der Waals surface area (Å²) in [6.45, 7) is 0.397. The van der Waals surface area contributed by atoms with Gasteiger partial charge in [-0.15, -0.1) is 0 Å². The number of carbonyl (C=O) groups excluding carboxylic acids is 2. The lowest BCUT2D eigenvalue weighted by atomic mass is 10.2. The second kappa shape index (κ2) is 7.67. The summed E-state index contributed by atoms with van der Waals surface area (Å²) in [4.78, 5) is 24.3. The summed E-state index contributed by atoms with van der Waals surface area (Å²) >= 11 is 0. The highest BCUT2D eigenvalue weighted by Crippen LogP contribution is 2.26. The predicted octanol–water partition coefficient (Wildman–Crippen LogP) is 1.81. The minimum atomic E-state index is -3.32. The molecule has 0 saturated carbocycles. The zero-order chi connectivity index (χ0) is 19.4. The van der Waals surface area contributed by atoms with Crippen LogP contribution in [0.3, 0.4) is 0 Å². The first-order valence-corrected chi connectivity index (χ1v) is 9.87. The van der Waals surface area contributed by atoms with Gasteiger partial charge in [0.25, 0.3) is 0 Å². The molecule has 2 N–H and O–H groups in total. The Bertz CT molecular complexity index is 974. The van der Waals surface area contributed by atoms with Gasteiger partial charge < -0.3 is 15.4 Å². The Morgan fingerprint density at radius 3 is 2.48 bits per heavy atom. The number of nitrogens with one attached hydrogen (secondary N) is 2. The van der Waals surface area contributed by atoms with Crippen molar-refractivity contribution in [3.8, 4) is 5.75 Å². The first-order chi connectivity index (χ1) is 12.9. The molecule has 0 unspecified atom stereocenters. The van der Waals surface area contributed by atoms with Gasteiger partial charge in [-0.05, 0) is 36.8 Å². The molecular formula is C18H19N3O5S. The highest BCUT2D eigenvalue weighted by atomic mass is 32.2. The summed E-state index contributed by atoms with van der Waals surface area (Å²) in [5.41, 5.74) is 1.15. The van der Waals surface area contributed by atoms with E-state index in [9.17, 15) is 18.0 Å². The van der Waals surface area contributed by atoms with Crippen LogP contribution in [-0.4, -0.2) is 39.6 Å². The van der Waals surface area contributed by atoms with E-state index >= 15 is 0 Å².